The largest absolute Gasteiger partial charge is 0.465 e. The van der Waals surface area contributed by atoms with Crippen LogP contribution in [0.1, 0.15) is 38.9 Å². The van der Waals surface area contributed by atoms with Crippen molar-refractivity contribution in [3.8, 4) is 0 Å². The predicted molar refractivity (Wildman–Crippen MR) is 70.4 cm³/mol. The molecular formula is C14H21NO3. The van der Waals surface area contributed by atoms with Crippen LogP contribution in [0, 0.1) is 5.41 Å². The molecule has 0 saturated carbocycles. The van der Waals surface area contributed by atoms with Gasteiger partial charge >= 0.3 is 6.09 Å². The van der Waals surface area contributed by atoms with E-state index in [9.17, 15) is 9.90 Å². The van der Waals surface area contributed by atoms with Crippen LogP contribution in [-0.2, 0) is 0 Å². The summed E-state index contributed by atoms with van der Waals surface area (Å²) in [6.07, 6.45) is -1.36. The lowest BCUT2D eigenvalue weighted by molar-refractivity contribution is 0.114. The van der Waals surface area contributed by atoms with Crippen molar-refractivity contribution < 1.29 is 15.0 Å². The molecule has 4 nitrogen and oxygen atoms in total. The summed E-state index contributed by atoms with van der Waals surface area (Å²) in [5.41, 5.74) is 0.563. The Kier molecular flexibility index (Phi) is 4.73. The fourth-order valence-corrected chi connectivity index (χ4v) is 1.81. The Labute approximate surface area is 108 Å². The number of benzene rings is 1. The third-order valence-electron chi connectivity index (χ3n) is 2.99. The summed E-state index contributed by atoms with van der Waals surface area (Å²) < 4.78 is 0. The highest BCUT2D eigenvalue weighted by atomic mass is 16.4. The van der Waals surface area contributed by atoms with Gasteiger partial charge in [0.15, 0.2) is 0 Å². The van der Waals surface area contributed by atoms with Gasteiger partial charge in [-0.05, 0) is 17.4 Å². The van der Waals surface area contributed by atoms with Crippen LogP contribution in [0.4, 0.5) is 4.79 Å². The molecule has 1 unspecified atom stereocenters. The molecule has 0 heterocycles. The molecule has 0 spiro atoms. The number of carbonyl (C=O) groups is 1. The SMILES string of the molecule is CC(C)(C)C(C[C@H](O)c1ccccc1)NC(=O)O. The standard InChI is InChI=1S/C14H21NO3/c1-14(2,3)12(15-13(17)18)9-11(16)10-7-5-4-6-8-10/h4-8,11-12,15-16H,9H2,1-3H3,(H,17,18)/t11-,12?/m0/s1. The Morgan fingerprint density at radius 1 is 1.28 bits per heavy atom. The van der Waals surface area contributed by atoms with Crippen LogP contribution in [-0.4, -0.2) is 22.3 Å². The minimum Gasteiger partial charge on any atom is -0.465 e. The molecule has 1 aromatic rings. The van der Waals surface area contributed by atoms with Gasteiger partial charge in [-0.3, -0.25) is 0 Å². The van der Waals surface area contributed by atoms with Crippen molar-refractivity contribution >= 4 is 6.09 Å². The summed E-state index contributed by atoms with van der Waals surface area (Å²) in [6.45, 7) is 5.85. The Balaban J connectivity index is 2.75. The molecule has 1 amide bonds. The molecule has 1 rings (SSSR count). The van der Waals surface area contributed by atoms with Crippen molar-refractivity contribution in [1.82, 2.24) is 5.32 Å². The van der Waals surface area contributed by atoms with Crippen LogP contribution in [0.15, 0.2) is 30.3 Å². The van der Waals surface area contributed by atoms with E-state index in [1.54, 1.807) is 0 Å². The first-order valence-corrected chi connectivity index (χ1v) is 6.03. The third kappa shape index (κ3) is 4.37. The first kappa shape index (κ1) is 14.5. The van der Waals surface area contributed by atoms with E-state index in [1.807, 2.05) is 51.1 Å². The van der Waals surface area contributed by atoms with Gasteiger partial charge in [0.1, 0.15) is 0 Å². The molecule has 0 aliphatic rings. The first-order chi connectivity index (χ1) is 8.30. The van der Waals surface area contributed by atoms with Gasteiger partial charge in [-0.1, -0.05) is 51.1 Å². The van der Waals surface area contributed by atoms with Gasteiger partial charge in [0, 0.05) is 6.04 Å². The topological polar surface area (TPSA) is 69.6 Å². The summed E-state index contributed by atoms with van der Waals surface area (Å²) in [7, 11) is 0. The Bertz CT molecular complexity index is 384. The number of carboxylic acid groups (broad SMARTS) is 1. The summed E-state index contributed by atoms with van der Waals surface area (Å²) >= 11 is 0. The highest BCUT2D eigenvalue weighted by Gasteiger charge is 2.28. The number of hydrogen-bond acceptors (Lipinski definition) is 2. The molecule has 1 aromatic carbocycles. The molecule has 100 valence electrons. The zero-order valence-electron chi connectivity index (χ0n) is 11.1. The molecule has 2 atom stereocenters. The highest BCUT2D eigenvalue weighted by Crippen LogP contribution is 2.28. The van der Waals surface area contributed by atoms with E-state index in [1.165, 1.54) is 0 Å². The molecule has 3 N–H and O–H groups in total. The molecule has 18 heavy (non-hydrogen) atoms. The Morgan fingerprint density at radius 3 is 2.28 bits per heavy atom. The Morgan fingerprint density at radius 2 is 1.83 bits per heavy atom. The van der Waals surface area contributed by atoms with Crippen molar-refractivity contribution in [2.24, 2.45) is 5.41 Å². The highest BCUT2D eigenvalue weighted by molar-refractivity contribution is 5.65. The Hall–Kier alpha value is -1.55. The average molecular weight is 251 g/mol. The number of aliphatic hydroxyl groups excluding tert-OH is 1. The van der Waals surface area contributed by atoms with Crippen molar-refractivity contribution in [3.05, 3.63) is 35.9 Å². The van der Waals surface area contributed by atoms with Crippen LogP contribution in [0.25, 0.3) is 0 Å². The number of rotatable bonds is 4. The van der Waals surface area contributed by atoms with E-state index < -0.39 is 12.2 Å². The molecule has 0 fully saturated rings. The van der Waals surface area contributed by atoms with E-state index in [0.717, 1.165) is 5.56 Å². The second-order valence-corrected chi connectivity index (χ2v) is 5.53. The summed E-state index contributed by atoms with van der Waals surface area (Å²) in [5, 5.41) is 21.4. The molecule has 0 aliphatic carbocycles. The number of aliphatic hydroxyl groups is 1. The fourth-order valence-electron chi connectivity index (χ4n) is 1.81. The lowest BCUT2D eigenvalue weighted by atomic mass is 9.82. The van der Waals surface area contributed by atoms with Gasteiger partial charge < -0.3 is 15.5 Å². The quantitative estimate of drug-likeness (QED) is 0.770. The van der Waals surface area contributed by atoms with E-state index in [4.69, 9.17) is 5.11 Å². The maximum atomic E-state index is 10.8. The third-order valence-corrected chi connectivity index (χ3v) is 2.99. The summed E-state index contributed by atoms with van der Waals surface area (Å²) in [4.78, 5) is 10.8. The molecule has 0 aromatic heterocycles. The van der Waals surface area contributed by atoms with E-state index >= 15 is 0 Å². The number of hydrogen-bond donors (Lipinski definition) is 3. The molecule has 4 heteroatoms. The monoisotopic (exact) mass is 251 g/mol. The minimum absolute atomic E-state index is 0.242. The second-order valence-electron chi connectivity index (χ2n) is 5.53. The van der Waals surface area contributed by atoms with Crippen LogP contribution in [0.5, 0.6) is 0 Å². The normalized spacial score (nSPS) is 14.9. The van der Waals surface area contributed by atoms with Gasteiger partial charge in [-0.25, -0.2) is 4.79 Å². The molecule has 0 bridgehead atoms. The molecule has 0 aliphatic heterocycles. The maximum Gasteiger partial charge on any atom is 0.404 e. The van der Waals surface area contributed by atoms with Gasteiger partial charge in [0.25, 0.3) is 0 Å². The van der Waals surface area contributed by atoms with Crippen LogP contribution < -0.4 is 5.32 Å². The predicted octanol–water partition coefficient (Wildman–Crippen LogP) is 2.79. The van der Waals surface area contributed by atoms with E-state index in [-0.39, 0.29) is 11.5 Å². The van der Waals surface area contributed by atoms with Gasteiger partial charge in [0.05, 0.1) is 6.10 Å². The smallest absolute Gasteiger partial charge is 0.404 e. The fraction of sp³-hybridized carbons (Fsp3) is 0.500. The van der Waals surface area contributed by atoms with Crippen LogP contribution in [0.3, 0.4) is 0 Å². The summed E-state index contributed by atoms with van der Waals surface area (Å²) in [6, 6.07) is 8.97. The van der Waals surface area contributed by atoms with Gasteiger partial charge in [-0.2, -0.15) is 0 Å². The summed E-state index contributed by atoms with van der Waals surface area (Å²) in [5.74, 6) is 0. The lowest BCUT2D eigenvalue weighted by Gasteiger charge is -2.32. The second kappa shape index (κ2) is 5.87. The zero-order chi connectivity index (χ0) is 13.8. The lowest BCUT2D eigenvalue weighted by Crippen LogP contribution is -2.44. The van der Waals surface area contributed by atoms with Crippen molar-refractivity contribution in [3.63, 3.8) is 0 Å². The van der Waals surface area contributed by atoms with Gasteiger partial charge in [0.2, 0.25) is 0 Å². The zero-order valence-corrected chi connectivity index (χ0v) is 11.1. The van der Waals surface area contributed by atoms with Crippen molar-refractivity contribution in [2.45, 2.75) is 39.3 Å². The number of amides is 1. The van der Waals surface area contributed by atoms with E-state index in [0.29, 0.717) is 6.42 Å². The minimum atomic E-state index is -1.06. The van der Waals surface area contributed by atoms with Crippen LogP contribution in [0.2, 0.25) is 0 Å². The molecule has 0 radical (unpaired) electrons. The van der Waals surface area contributed by atoms with Crippen molar-refractivity contribution in [2.75, 3.05) is 0 Å². The number of nitrogens with one attached hydrogen (secondary N) is 1. The average Bonchev–Trinajstić information content (AvgIpc) is 2.27. The van der Waals surface area contributed by atoms with Crippen LogP contribution >= 0.6 is 0 Å². The first-order valence-electron chi connectivity index (χ1n) is 6.03. The van der Waals surface area contributed by atoms with Crippen molar-refractivity contribution in [1.29, 1.82) is 0 Å². The molecule has 0 saturated heterocycles. The van der Waals surface area contributed by atoms with E-state index in [2.05, 4.69) is 5.32 Å². The van der Waals surface area contributed by atoms with Gasteiger partial charge in [-0.15, -0.1) is 0 Å². The maximum absolute atomic E-state index is 10.8. The molecular weight excluding hydrogens is 230 g/mol.